The SMILES string of the molecule is CCOC(=O)Cc1csc(NC(=O)C(Sc2ccc(NC(=O)/C(=C/c3ccccc3[N+](=O)[O-])NC(=O)c3ccccc3)cc2)c2ccccc2)n1. The fourth-order valence-corrected chi connectivity index (χ4v) is 6.44. The minimum atomic E-state index is -0.704. The Hall–Kier alpha value is -6.12. The van der Waals surface area contributed by atoms with Gasteiger partial charge in [-0.1, -0.05) is 60.7 Å². The lowest BCUT2D eigenvalue weighted by atomic mass is 10.1. The van der Waals surface area contributed by atoms with Gasteiger partial charge >= 0.3 is 5.97 Å². The van der Waals surface area contributed by atoms with E-state index in [9.17, 15) is 29.3 Å². The first-order valence-electron chi connectivity index (χ1n) is 15.6. The number of para-hydroxylation sites is 1. The van der Waals surface area contributed by atoms with Gasteiger partial charge in [-0.3, -0.25) is 29.3 Å². The summed E-state index contributed by atoms with van der Waals surface area (Å²) in [5.41, 5.74) is 1.61. The lowest BCUT2D eigenvalue weighted by Gasteiger charge is -2.17. The van der Waals surface area contributed by atoms with Crippen molar-refractivity contribution in [3.05, 3.63) is 153 Å². The molecule has 1 heterocycles. The Labute approximate surface area is 301 Å². The van der Waals surface area contributed by atoms with E-state index in [1.165, 1.54) is 47.4 Å². The molecular formula is C37H31N5O7S2. The number of hydrogen-bond donors (Lipinski definition) is 3. The van der Waals surface area contributed by atoms with Gasteiger partial charge in [-0.25, -0.2) is 4.98 Å². The first-order chi connectivity index (χ1) is 24.7. The molecule has 0 bridgehead atoms. The lowest BCUT2D eigenvalue weighted by molar-refractivity contribution is -0.385. The number of thioether (sulfide) groups is 1. The van der Waals surface area contributed by atoms with Crippen molar-refractivity contribution in [1.29, 1.82) is 0 Å². The third-order valence-electron chi connectivity index (χ3n) is 7.08. The van der Waals surface area contributed by atoms with Gasteiger partial charge in [0.05, 0.1) is 29.2 Å². The Morgan fingerprint density at radius 1 is 0.902 bits per heavy atom. The van der Waals surface area contributed by atoms with Crippen molar-refractivity contribution in [3.63, 3.8) is 0 Å². The fraction of sp³-hybridized carbons (Fsp3) is 0.108. The van der Waals surface area contributed by atoms with Gasteiger partial charge < -0.3 is 20.7 Å². The number of hydrogen-bond acceptors (Lipinski definition) is 10. The van der Waals surface area contributed by atoms with E-state index in [4.69, 9.17) is 4.74 Å². The van der Waals surface area contributed by atoms with Crippen molar-refractivity contribution < 1.29 is 28.8 Å². The molecule has 5 aromatic rings. The van der Waals surface area contributed by atoms with Crippen molar-refractivity contribution in [2.75, 3.05) is 17.2 Å². The molecule has 3 amide bonds. The Morgan fingerprint density at radius 3 is 2.25 bits per heavy atom. The number of anilines is 2. The number of nitro benzene ring substituents is 1. The average molecular weight is 722 g/mol. The predicted molar refractivity (Wildman–Crippen MR) is 196 cm³/mol. The number of thiazole rings is 1. The zero-order valence-corrected chi connectivity index (χ0v) is 28.7. The third kappa shape index (κ3) is 10.2. The molecule has 258 valence electrons. The molecule has 4 aromatic carbocycles. The molecule has 0 saturated heterocycles. The number of nitrogens with one attached hydrogen (secondary N) is 3. The minimum Gasteiger partial charge on any atom is -0.466 e. The lowest BCUT2D eigenvalue weighted by Crippen LogP contribution is -2.30. The van der Waals surface area contributed by atoms with Crippen molar-refractivity contribution in [3.8, 4) is 0 Å². The fourth-order valence-electron chi connectivity index (χ4n) is 4.70. The molecule has 0 fully saturated rings. The van der Waals surface area contributed by atoms with Crippen LogP contribution in [0.2, 0.25) is 0 Å². The van der Waals surface area contributed by atoms with E-state index in [0.29, 0.717) is 27.0 Å². The molecule has 0 aliphatic carbocycles. The summed E-state index contributed by atoms with van der Waals surface area (Å²) in [7, 11) is 0. The van der Waals surface area contributed by atoms with Gasteiger partial charge in [0.1, 0.15) is 10.9 Å². The predicted octanol–water partition coefficient (Wildman–Crippen LogP) is 7.04. The van der Waals surface area contributed by atoms with Crippen LogP contribution in [0.1, 0.15) is 39.4 Å². The standard InChI is InChI=1S/C37H31N5O7S2/c1-2-49-32(43)22-28-23-50-37(39-28)41-36(46)33(24-11-5-3-6-12-24)51-29-19-17-27(18-20-29)38-35(45)30(40-34(44)25-13-7-4-8-14-25)21-26-15-9-10-16-31(26)42(47)48/h3-21,23,33H,2,22H2,1H3,(H,38,45)(H,40,44)(H,39,41,46)/b30-21-. The molecule has 0 aliphatic rings. The summed E-state index contributed by atoms with van der Waals surface area (Å²) in [6.07, 6.45) is 1.26. The van der Waals surface area contributed by atoms with Crippen LogP contribution in [-0.4, -0.2) is 40.2 Å². The summed E-state index contributed by atoms with van der Waals surface area (Å²) in [6.45, 7) is 1.99. The number of carbonyl (C=O) groups is 4. The second kappa shape index (κ2) is 17.5. The zero-order chi connectivity index (χ0) is 36.2. The van der Waals surface area contributed by atoms with Crippen molar-refractivity contribution in [2.24, 2.45) is 0 Å². The highest BCUT2D eigenvalue weighted by Crippen LogP contribution is 2.37. The van der Waals surface area contributed by atoms with Crippen LogP contribution in [0.15, 0.2) is 125 Å². The van der Waals surface area contributed by atoms with E-state index in [1.807, 2.05) is 30.3 Å². The molecule has 51 heavy (non-hydrogen) atoms. The van der Waals surface area contributed by atoms with Gasteiger partial charge in [-0.2, -0.15) is 0 Å². The molecule has 14 heteroatoms. The second-order valence-corrected chi connectivity index (χ2v) is 12.7. The molecule has 0 aliphatic heterocycles. The molecule has 1 atom stereocenters. The van der Waals surface area contributed by atoms with Crippen LogP contribution in [-0.2, 0) is 25.5 Å². The van der Waals surface area contributed by atoms with Crippen molar-refractivity contribution in [1.82, 2.24) is 10.3 Å². The first-order valence-corrected chi connectivity index (χ1v) is 17.3. The van der Waals surface area contributed by atoms with E-state index in [1.54, 1.807) is 73.0 Å². The highest BCUT2D eigenvalue weighted by atomic mass is 32.2. The summed E-state index contributed by atoms with van der Waals surface area (Å²) in [5.74, 6) is -1.99. The summed E-state index contributed by atoms with van der Waals surface area (Å²) in [6, 6.07) is 30.1. The highest BCUT2D eigenvalue weighted by molar-refractivity contribution is 8.00. The quantitative estimate of drug-likeness (QED) is 0.0358. The maximum Gasteiger partial charge on any atom is 0.311 e. The molecule has 0 saturated carbocycles. The first kappa shape index (κ1) is 36.2. The number of esters is 1. The van der Waals surface area contributed by atoms with Crippen LogP contribution in [0.3, 0.4) is 0 Å². The van der Waals surface area contributed by atoms with Crippen LogP contribution in [0.5, 0.6) is 0 Å². The molecule has 0 radical (unpaired) electrons. The van der Waals surface area contributed by atoms with Crippen LogP contribution in [0.4, 0.5) is 16.5 Å². The van der Waals surface area contributed by atoms with E-state index in [2.05, 4.69) is 20.9 Å². The van der Waals surface area contributed by atoms with Gasteiger partial charge in [0, 0.05) is 27.6 Å². The summed E-state index contributed by atoms with van der Waals surface area (Å²) < 4.78 is 4.98. The second-order valence-electron chi connectivity index (χ2n) is 10.7. The summed E-state index contributed by atoms with van der Waals surface area (Å²) in [5, 5.41) is 21.2. The summed E-state index contributed by atoms with van der Waals surface area (Å²) >= 11 is 2.49. The number of benzene rings is 4. The molecule has 3 N–H and O–H groups in total. The van der Waals surface area contributed by atoms with Crippen LogP contribution in [0, 0.1) is 10.1 Å². The van der Waals surface area contributed by atoms with Crippen LogP contribution in [0.25, 0.3) is 6.08 Å². The largest absolute Gasteiger partial charge is 0.466 e. The van der Waals surface area contributed by atoms with E-state index in [0.717, 1.165) is 5.56 Å². The maximum absolute atomic E-state index is 13.5. The monoisotopic (exact) mass is 721 g/mol. The number of nitrogens with zero attached hydrogens (tertiary/aromatic N) is 2. The minimum absolute atomic E-state index is 0.00280. The van der Waals surface area contributed by atoms with Crippen molar-refractivity contribution in [2.45, 2.75) is 23.5 Å². The zero-order valence-electron chi connectivity index (χ0n) is 27.1. The number of nitro groups is 1. The number of rotatable bonds is 14. The smallest absolute Gasteiger partial charge is 0.311 e. The Kier molecular flexibility index (Phi) is 12.4. The number of carbonyl (C=O) groups excluding carboxylic acids is 4. The van der Waals surface area contributed by atoms with E-state index >= 15 is 0 Å². The Bertz CT molecular complexity index is 2050. The summed E-state index contributed by atoms with van der Waals surface area (Å²) in [4.78, 5) is 68.1. The normalized spacial score (nSPS) is 11.6. The van der Waals surface area contributed by atoms with Crippen molar-refractivity contribution >= 4 is 69.4 Å². The van der Waals surface area contributed by atoms with E-state index < -0.39 is 28.0 Å². The van der Waals surface area contributed by atoms with Gasteiger partial charge in [0.25, 0.3) is 17.5 Å². The Morgan fingerprint density at radius 2 is 1.57 bits per heavy atom. The number of amides is 3. The van der Waals surface area contributed by atoms with Gasteiger partial charge in [-0.15, -0.1) is 23.1 Å². The molecule has 0 spiro atoms. The third-order valence-corrected chi connectivity index (χ3v) is 9.15. The van der Waals surface area contributed by atoms with Crippen LogP contribution < -0.4 is 16.0 Å². The Balaban J connectivity index is 1.32. The van der Waals surface area contributed by atoms with Gasteiger partial charge in [0.15, 0.2) is 5.13 Å². The van der Waals surface area contributed by atoms with Crippen LogP contribution >= 0.6 is 23.1 Å². The van der Waals surface area contributed by atoms with Gasteiger partial charge in [-0.05, 0) is 61.0 Å². The average Bonchev–Trinajstić information content (AvgIpc) is 3.57. The topological polar surface area (TPSA) is 170 Å². The maximum atomic E-state index is 13.5. The molecule has 5 rings (SSSR count). The van der Waals surface area contributed by atoms with E-state index in [-0.39, 0.29) is 35.9 Å². The molecular weight excluding hydrogens is 691 g/mol. The number of ether oxygens (including phenoxy) is 1. The number of aromatic nitrogens is 1. The molecule has 1 aromatic heterocycles. The van der Waals surface area contributed by atoms with Gasteiger partial charge in [0.2, 0.25) is 5.91 Å². The molecule has 12 nitrogen and oxygen atoms in total. The highest BCUT2D eigenvalue weighted by Gasteiger charge is 2.24. The molecule has 1 unspecified atom stereocenters.